The Labute approximate surface area is 113 Å². The molecule has 2 nitrogen and oxygen atoms in total. The quantitative estimate of drug-likeness (QED) is 0.827. The van der Waals surface area contributed by atoms with Crippen molar-refractivity contribution in [3.05, 3.63) is 28.2 Å². The second-order valence-electron chi connectivity index (χ2n) is 4.22. The lowest BCUT2D eigenvalue weighted by Gasteiger charge is -2.17. The van der Waals surface area contributed by atoms with Crippen LogP contribution in [0.5, 0.6) is 5.75 Å². The Kier molecular flexibility index (Phi) is 6.60. The number of methoxy groups -OCH3 is 1. The van der Waals surface area contributed by atoms with E-state index in [2.05, 4.69) is 47.2 Å². The van der Waals surface area contributed by atoms with E-state index in [-0.39, 0.29) is 0 Å². The molecule has 0 aliphatic rings. The van der Waals surface area contributed by atoms with Crippen molar-refractivity contribution in [1.29, 1.82) is 0 Å². The van der Waals surface area contributed by atoms with E-state index in [4.69, 9.17) is 4.74 Å². The molecular formula is C14H22BrNO. The van der Waals surface area contributed by atoms with Crippen molar-refractivity contribution in [2.45, 2.75) is 39.2 Å². The van der Waals surface area contributed by atoms with Gasteiger partial charge in [-0.3, -0.25) is 0 Å². The lowest BCUT2D eigenvalue weighted by Crippen LogP contribution is -2.31. The van der Waals surface area contributed by atoms with Gasteiger partial charge in [0.25, 0.3) is 0 Å². The van der Waals surface area contributed by atoms with Crippen molar-refractivity contribution in [2.24, 2.45) is 0 Å². The SMILES string of the molecule is CCCNC(CC)Cc1cc(OC)ccc1Br. The van der Waals surface area contributed by atoms with E-state index in [1.54, 1.807) is 7.11 Å². The number of hydrogen-bond donors (Lipinski definition) is 1. The van der Waals surface area contributed by atoms with E-state index in [0.717, 1.165) is 29.6 Å². The van der Waals surface area contributed by atoms with Crippen LogP contribution < -0.4 is 10.1 Å². The van der Waals surface area contributed by atoms with Gasteiger partial charge in [0.1, 0.15) is 5.75 Å². The van der Waals surface area contributed by atoms with Crippen molar-refractivity contribution < 1.29 is 4.74 Å². The Morgan fingerprint density at radius 2 is 2.12 bits per heavy atom. The highest BCUT2D eigenvalue weighted by atomic mass is 79.9. The summed E-state index contributed by atoms with van der Waals surface area (Å²) in [5, 5.41) is 3.57. The molecule has 3 heteroatoms. The third-order valence-corrected chi connectivity index (χ3v) is 3.67. The first kappa shape index (κ1) is 14.5. The number of nitrogens with one attached hydrogen (secondary N) is 1. The molecule has 0 saturated heterocycles. The second-order valence-corrected chi connectivity index (χ2v) is 5.08. The van der Waals surface area contributed by atoms with Crippen LogP contribution in [0.3, 0.4) is 0 Å². The molecule has 0 aliphatic heterocycles. The fourth-order valence-electron chi connectivity index (χ4n) is 1.81. The molecule has 1 aromatic carbocycles. The Bertz CT molecular complexity index is 341. The molecule has 0 bridgehead atoms. The molecular weight excluding hydrogens is 278 g/mol. The van der Waals surface area contributed by atoms with Crippen molar-refractivity contribution in [3.8, 4) is 5.75 Å². The third-order valence-electron chi connectivity index (χ3n) is 2.90. The Balaban J connectivity index is 2.70. The summed E-state index contributed by atoms with van der Waals surface area (Å²) in [6, 6.07) is 6.69. The standard InChI is InChI=1S/C14H22BrNO/c1-4-8-16-12(5-2)9-11-10-13(17-3)6-7-14(11)15/h6-7,10,12,16H,4-5,8-9H2,1-3H3. The summed E-state index contributed by atoms with van der Waals surface area (Å²) in [5.74, 6) is 0.925. The molecule has 0 heterocycles. The predicted molar refractivity (Wildman–Crippen MR) is 76.8 cm³/mol. The Morgan fingerprint density at radius 1 is 1.35 bits per heavy atom. The van der Waals surface area contributed by atoms with Crippen LogP contribution in [0.1, 0.15) is 32.3 Å². The number of halogens is 1. The molecule has 0 aliphatic carbocycles. The average molecular weight is 300 g/mol. The maximum absolute atomic E-state index is 5.26. The molecule has 0 amide bonds. The van der Waals surface area contributed by atoms with Crippen LogP contribution in [0.4, 0.5) is 0 Å². The van der Waals surface area contributed by atoms with Gasteiger partial charge < -0.3 is 10.1 Å². The van der Waals surface area contributed by atoms with Gasteiger partial charge >= 0.3 is 0 Å². The molecule has 1 rings (SSSR count). The maximum atomic E-state index is 5.26. The lowest BCUT2D eigenvalue weighted by molar-refractivity contribution is 0.413. The minimum absolute atomic E-state index is 0.540. The average Bonchev–Trinajstić information content (AvgIpc) is 2.36. The van der Waals surface area contributed by atoms with Gasteiger partial charge in [-0.05, 0) is 49.6 Å². The molecule has 1 N–H and O–H groups in total. The van der Waals surface area contributed by atoms with E-state index >= 15 is 0 Å². The molecule has 0 radical (unpaired) electrons. The highest BCUT2D eigenvalue weighted by molar-refractivity contribution is 9.10. The van der Waals surface area contributed by atoms with Crippen molar-refractivity contribution >= 4 is 15.9 Å². The summed E-state index contributed by atoms with van der Waals surface area (Å²) in [6.07, 6.45) is 3.35. The topological polar surface area (TPSA) is 21.3 Å². The van der Waals surface area contributed by atoms with Crippen LogP contribution in [0.15, 0.2) is 22.7 Å². The predicted octanol–water partition coefficient (Wildman–Crippen LogP) is 3.78. The molecule has 0 fully saturated rings. The van der Waals surface area contributed by atoms with Crippen LogP contribution in [0.2, 0.25) is 0 Å². The first-order valence-electron chi connectivity index (χ1n) is 6.27. The van der Waals surface area contributed by atoms with Crippen LogP contribution >= 0.6 is 15.9 Å². The van der Waals surface area contributed by atoms with Gasteiger partial charge in [-0.1, -0.05) is 29.8 Å². The van der Waals surface area contributed by atoms with Crippen molar-refractivity contribution in [2.75, 3.05) is 13.7 Å². The minimum Gasteiger partial charge on any atom is -0.497 e. The number of ether oxygens (including phenoxy) is 1. The largest absolute Gasteiger partial charge is 0.497 e. The Hall–Kier alpha value is -0.540. The third kappa shape index (κ3) is 4.68. The highest BCUT2D eigenvalue weighted by Crippen LogP contribution is 2.24. The van der Waals surface area contributed by atoms with E-state index in [1.165, 1.54) is 12.0 Å². The summed E-state index contributed by atoms with van der Waals surface area (Å²) >= 11 is 3.60. The maximum Gasteiger partial charge on any atom is 0.119 e. The van der Waals surface area contributed by atoms with Gasteiger partial charge in [0.05, 0.1) is 7.11 Å². The number of hydrogen-bond acceptors (Lipinski definition) is 2. The van der Waals surface area contributed by atoms with Gasteiger partial charge in [-0.2, -0.15) is 0 Å². The molecule has 0 saturated carbocycles. The van der Waals surface area contributed by atoms with E-state index in [9.17, 15) is 0 Å². The van der Waals surface area contributed by atoms with E-state index < -0.39 is 0 Å². The number of rotatable bonds is 7. The zero-order valence-electron chi connectivity index (χ0n) is 10.9. The lowest BCUT2D eigenvalue weighted by atomic mass is 10.0. The fraction of sp³-hybridized carbons (Fsp3) is 0.571. The first-order chi connectivity index (χ1) is 8.21. The summed E-state index contributed by atoms with van der Waals surface area (Å²) < 4.78 is 6.43. The molecule has 0 spiro atoms. The van der Waals surface area contributed by atoms with Gasteiger partial charge in [-0.25, -0.2) is 0 Å². The summed E-state index contributed by atoms with van der Waals surface area (Å²) in [4.78, 5) is 0. The van der Waals surface area contributed by atoms with Gasteiger partial charge in [0.2, 0.25) is 0 Å². The smallest absolute Gasteiger partial charge is 0.119 e. The zero-order valence-corrected chi connectivity index (χ0v) is 12.5. The first-order valence-corrected chi connectivity index (χ1v) is 7.06. The highest BCUT2D eigenvalue weighted by Gasteiger charge is 2.09. The van der Waals surface area contributed by atoms with Crippen molar-refractivity contribution in [1.82, 2.24) is 5.32 Å². The molecule has 1 aromatic rings. The summed E-state index contributed by atoms with van der Waals surface area (Å²) in [5.41, 5.74) is 1.31. The van der Waals surface area contributed by atoms with E-state index in [1.807, 2.05) is 6.07 Å². The number of benzene rings is 1. The zero-order chi connectivity index (χ0) is 12.7. The molecule has 96 valence electrons. The molecule has 0 aromatic heterocycles. The monoisotopic (exact) mass is 299 g/mol. The van der Waals surface area contributed by atoms with Gasteiger partial charge in [0, 0.05) is 10.5 Å². The van der Waals surface area contributed by atoms with Crippen LogP contribution in [-0.4, -0.2) is 19.7 Å². The molecule has 1 atom stereocenters. The normalized spacial score (nSPS) is 12.5. The van der Waals surface area contributed by atoms with Crippen molar-refractivity contribution in [3.63, 3.8) is 0 Å². The Morgan fingerprint density at radius 3 is 2.71 bits per heavy atom. The van der Waals surface area contributed by atoms with Crippen LogP contribution in [-0.2, 0) is 6.42 Å². The molecule has 1 unspecified atom stereocenters. The van der Waals surface area contributed by atoms with E-state index in [0.29, 0.717) is 6.04 Å². The second kappa shape index (κ2) is 7.72. The van der Waals surface area contributed by atoms with Gasteiger partial charge in [-0.15, -0.1) is 0 Å². The summed E-state index contributed by atoms with van der Waals surface area (Å²) in [7, 11) is 1.71. The summed E-state index contributed by atoms with van der Waals surface area (Å²) in [6.45, 7) is 5.50. The fourth-order valence-corrected chi connectivity index (χ4v) is 2.22. The van der Waals surface area contributed by atoms with Crippen LogP contribution in [0, 0.1) is 0 Å². The van der Waals surface area contributed by atoms with Crippen LogP contribution in [0.25, 0.3) is 0 Å². The molecule has 17 heavy (non-hydrogen) atoms. The van der Waals surface area contributed by atoms with Gasteiger partial charge in [0.15, 0.2) is 0 Å². The minimum atomic E-state index is 0.540.